The maximum absolute atomic E-state index is 12.8. The third-order valence-electron chi connectivity index (χ3n) is 3.00. The highest BCUT2D eigenvalue weighted by atomic mass is 19.1. The molecule has 3 nitrogen and oxygen atoms in total. The van der Waals surface area contributed by atoms with E-state index in [2.05, 4.69) is 0 Å². The second-order valence-corrected chi connectivity index (χ2v) is 4.28. The molecule has 94 valence electrons. The summed E-state index contributed by atoms with van der Waals surface area (Å²) >= 11 is 0. The Morgan fingerprint density at radius 3 is 2.58 bits per heavy atom. The van der Waals surface area contributed by atoms with Crippen molar-refractivity contribution in [2.45, 2.75) is 6.42 Å². The van der Waals surface area contributed by atoms with Gasteiger partial charge in [0.15, 0.2) is 5.78 Å². The molecule has 0 aromatic heterocycles. The van der Waals surface area contributed by atoms with Gasteiger partial charge >= 0.3 is 5.97 Å². The largest absolute Gasteiger partial charge is 0.425 e. The molecule has 0 spiro atoms. The molecule has 0 atom stereocenters. The summed E-state index contributed by atoms with van der Waals surface area (Å²) in [5.41, 5.74) is 1.39. The monoisotopic (exact) mass is 256 g/mol. The summed E-state index contributed by atoms with van der Waals surface area (Å²) in [7, 11) is 0. The van der Waals surface area contributed by atoms with Crippen molar-refractivity contribution in [3.8, 4) is 5.75 Å². The van der Waals surface area contributed by atoms with Crippen LogP contribution in [-0.4, -0.2) is 11.8 Å². The smallest absolute Gasteiger partial charge is 0.315 e. The average molecular weight is 256 g/mol. The van der Waals surface area contributed by atoms with Crippen LogP contribution >= 0.6 is 0 Å². The van der Waals surface area contributed by atoms with Gasteiger partial charge in [0.25, 0.3) is 0 Å². The van der Waals surface area contributed by atoms with Crippen LogP contribution in [0.3, 0.4) is 0 Å². The Bertz CT molecular complexity index is 674. The van der Waals surface area contributed by atoms with Crippen LogP contribution in [0.4, 0.5) is 4.39 Å². The maximum atomic E-state index is 12.8. The van der Waals surface area contributed by atoms with Crippen molar-refractivity contribution in [2.75, 3.05) is 0 Å². The number of ketones is 1. The van der Waals surface area contributed by atoms with Crippen LogP contribution in [0.2, 0.25) is 0 Å². The molecule has 0 saturated carbocycles. The van der Waals surface area contributed by atoms with Gasteiger partial charge in [0.05, 0.1) is 12.0 Å². The number of carbonyl (C=O) groups excluding carboxylic acids is 2. The number of carbonyl (C=O) groups is 2. The van der Waals surface area contributed by atoms with Crippen LogP contribution in [0.15, 0.2) is 42.5 Å². The van der Waals surface area contributed by atoms with Gasteiger partial charge in [-0.2, -0.15) is 0 Å². The van der Waals surface area contributed by atoms with Gasteiger partial charge in [-0.25, -0.2) is 4.39 Å². The zero-order chi connectivity index (χ0) is 13.4. The number of hydrogen-bond donors (Lipinski definition) is 0. The van der Waals surface area contributed by atoms with E-state index in [1.165, 1.54) is 24.3 Å². The summed E-state index contributed by atoms with van der Waals surface area (Å²) < 4.78 is 17.9. The SMILES string of the molecule is O=C1Cc2cccc(C(=O)c3ccc(F)cc3)c2O1. The van der Waals surface area contributed by atoms with Crippen LogP contribution in [-0.2, 0) is 11.2 Å². The van der Waals surface area contributed by atoms with E-state index in [0.29, 0.717) is 22.4 Å². The molecule has 0 bridgehead atoms. The molecule has 0 unspecified atom stereocenters. The Balaban J connectivity index is 2.04. The molecule has 1 heterocycles. The number of hydrogen-bond acceptors (Lipinski definition) is 3. The minimum absolute atomic E-state index is 0.180. The van der Waals surface area contributed by atoms with Crippen molar-refractivity contribution in [1.82, 2.24) is 0 Å². The lowest BCUT2D eigenvalue weighted by molar-refractivity contribution is -0.131. The van der Waals surface area contributed by atoms with Crippen LogP contribution in [0, 0.1) is 5.82 Å². The van der Waals surface area contributed by atoms with Gasteiger partial charge in [-0.1, -0.05) is 12.1 Å². The highest BCUT2D eigenvalue weighted by Crippen LogP contribution is 2.31. The standard InChI is InChI=1S/C15H9FO3/c16-11-6-4-9(5-7-11)14(18)12-3-1-2-10-8-13(17)19-15(10)12/h1-7H,8H2. The second kappa shape index (κ2) is 4.31. The quantitative estimate of drug-likeness (QED) is 0.471. The molecule has 0 saturated heterocycles. The highest BCUT2D eigenvalue weighted by molar-refractivity contribution is 6.11. The first kappa shape index (κ1) is 11.6. The molecule has 0 fully saturated rings. The summed E-state index contributed by atoms with van der Waals surface area (Å²) in [6.07, 6.45) is 0.180. The Hall–Kier alpha value is -2.49. The lowest BCUT2D eigenvalue weighted by Gasteiger charge is -2.06. The summed E-state index contributed by atoms with van der Waals surface area (Å²) in [5.74, 6) is -0.732. The zero-order valence-corrected chi connectivity index (χ0v) is 9.85. The number of rotatable bonds is 2. The van der Waals surface area contributed by atoms with Crippen molar-refractivity contribution in [1.29, 1.82) is 0 Å². The van der Waals surface area contributed by atoms with E-state index >= 15 is 0 Å². The van der Waals surface area contributed by atoms with Crippen molar-refractivity contribution < 1.29 is 18.7 Å². The molecule has 0 radical (unpaired) electrons. The first-order valence-electron chi connectivity index (χ1n) is 5.78. The lowest BCUT2D eigenvalue weighted by atomic mass is 10.00. The van der Waals surface area contributed by atoms with Gasteiger partial charge in [-0.3, -0.25) is 9.59 Å². The third kappa shape index (κ3) is 2.01. The van der Waals surface area contributed by atoms with Crippen molar-refractivity contribution in [3.05, 3.63) is 65.0 Å². The number of fused-ring (bicyclic) bond motifs is 1. The number of ether oxygens (including phenoxy) is 1. The van der Waals surface area contributed by atoms with Crippen LogP contribution < -0.4 is 4.74 Å². The van der Waals surface area contributed by atoms with Gasteiger partial charge in [-0.15, -0.1) is 0 Å². The predicted octanol–water partition coefficient (Wildman–Crippen LogP) is 2.52. The van der Waals surface area contributed by atoms with E-state index in [9.17, 15) is 14.0 Å². The minimum Gasteiger partial charge on any atom is -0.425 e. The predicted molar refractivity (Wildman–Crippen MR) is 65.6 cm³/mol. The van der Waals surface area contributed by atoms with E-state index in [4.69, 9.17) is 4.74 Å². The van der Waals surface area contributed by atoms with Gasteiger partial charge in [-0.05, 0) is 30.3 Å². The van der Waals surface area contributed by atoms with Gasteiger partial charge < -0.3 is 4.74 Å². The topological polar surface area (TPSA) is 43.4 Å². The normalized spacial score (nSPS) is 13.0. The Morgan fingerprint density at radius 1 is 1.11 bits per heavy atom. The molecule has 0 N–H and O–H groups in total. The van der Waals surface area contributed by atoms with E-state index in [1.807, 2.05) is 0 Å². The fourth-order valence-corrected chi connectivity index (χ4v) is 2.09. The molecule has 1 aliphatic heterocycles. The molecule has 19 heavy (non-hydrogen) atoms. The van der Waals surface area contributed by atoms with E-state index in [1.54, 1.807) is 18.2 Å². The maximum Gasteiger partial charge on any atom is 0.315 e. The van der Waals surface area contributed by atoms with Gasteiger partial charge in [0.2, 0.25) is 0 Å². The number of para-hydroxylation sites is 1. The lowest BCUT2D eigenvalue weighted by Crippen LogP contribution is -2.05. The third-order valence-corrected chi connectivity index (χ3v) is 3.00. The molecular weight excluding hydrogens is 247 g/mol. The van der Waals surface area contributed by atoms with Crippen LogP contribution in [0.5, 0.6) is 5.75 Å². The Labute approximate surface area is 108 Å². The Kier molecular flexibility index (Phi) is 2.63. The van der Waals surface area contributed by atoms with Crippen molar-refractivity contribution in [2.24, 2.45) is 0 Å². The molecule has 4 heteroatoms. The molecule has 1 aliphatic rings. The number of esters is 1. The summed E-state index contributed by atoms with van der Waals surface area (Å²) in [6, 6.07) is 10.3. The minimum atomic E-state index is -0.402. The number of halogens is 1. The molecule has 2 aromatic carbocycles. The Morgan fingerprint density at radius 2 is 1.84 bits per heavy atom. The van der Waals surface area contributed by atoms with Crippen LogP contribution in [0.25, 0.3) is 0 Å². The fourth-order valence-electron chi connectivity index (χ4n) is 2.09. The van der Waals surface area contributed by atoms with Crippen molar-refractivity contribution >= 4 is 11.8 Å². The summed E-state index contributed by atoms with van der Waals surface area (Å²) in [5, 5.41) is 0. The van der Waals surface area contributed by atoms with Gasteiger partial charge in [0.1, 0.15) is 11.6 Å². The van der Waals surface area contributed by atoms with E-state index < -0.39 is 5.82 Å². The summed E-state index contributed by atoms with van der Waals surface area (Å²) in [4.78, 5) is 23.6. The first-order chi connectivity index (χ1) is 9.15. The molecule has 3 rings (SSSR count). The summed E-state index contributed by atoms with van der Waals surface area (Å²) in [6.45, 7) is 0. The fraction of sp³-hybridized carbons (Fsp3) is 0.0667. The highest BCUT2D eigenvalue weighted by Gasteiger charge is 2.26. The first-order valence-corrected chi connectivity index (χ1v) is 5.78. The van der Waals surface area contributed by atoms with Gasteiger partial charge in [0, 0.05) is 11.1 Å². The van der Waals surface area contributed by atoms with E-state index in [0.717, 1.165) is 0 Å². The molecule has 2 aromatic rings. The van der Waals surface area contributed by atoms with E-state index in [-0.39, 0.29) is 18.2 Å². The molecule has 0 aliphatic carbocycles. The molecular formula is C15H9FO3. The zero-order valence-electron chi connectivity index (χ0n) is 9.85. The molecule has 0 amide bonds. The second-order valence-electron chi connectivity index (χ2n) is 4.28. The van der Waals surface area contributed by atoms with Crippen LogP contribution in [0.1, 0.15) is 21.5 Å². The average Bonchev–Trinajstić information content (AvgIpc) is 2.78. The van der Waals surface area contributed by atoms with Crippen molar-refractivity contribution in [3.63, 3.8) is 0 Å². The number of benzene rings is 2.